The minimum Gasteiger partial charge on any atom is -0.870 e. The van der Waals surface area contributed by atoms with E-state index >= 15 is 0 Å². The van der Waals surface area contributed by atoms with Gasteiger partial charge in [-0.2, -0.15) is 0 Å². The largest absolute Gasteiger partial charge is 3.00 e. The van der Waals surface area contributed by atoms with Gasteiger partial charge in [0.05, 0.1) is 0 Å². The molecule has 0 saturated carbocycles. The number of hydrogen-bond donors (Lipinski definition) is 0. The van der Waals surface area contributed by atoms with Crippen molar-refractivity contribution in [3.8, 4) is 0 Å². The molecule has 0 spiro atoms. The Morgan fingerprint density at radius 2 is 0.588 bits per heavy atom. The summed E-state index contributed by atoms with van der Waals surface area (Å²) in [7, 11) is 0. The quantitative estimate of drug-likeness (QED) is 0.340. The Bertz CT molecular complexity index is 121. The molecule has 0 aliphatic heterocycles. The third-order valence-electron chi connectivity index (χ3n) is 0. The number of carboxylic acids is 3. The van der Waals surface area contributed by atoms with E-state index in [-0.39, 0.29) is 68.1 Å². The summed E-state index contributed by atoms with van der Waals surface area (Å²) in [5.41, 5.74) is 0. The van der Waals surface area contributed by atoms with E-state index in [9.17, 15) is 0 Å². The molecule has 0 aliphatic carbocycles. The molecule has 0 rings (SSSR count). The number of carbonyl (C=O) groups is 3. The van der Waals surface area contributed by atoms with Crippen LogP contribution in [0.15, 0.2) is 0 Å². The molecule has 11 heteroatoms. The number of carbonyl (C=O) groups excluding carboxylic acids is 3. The molecule has 0 unspecified atom stereocenters. The number of hydrogen-bond acceptors (Lipinski definition) is 9. The van der Waals surface area contributed by atoms with Crippen molar-refractivity contribution in [2.24, 2.45) is 0 Å². The summed E-state index contributed by atoms with van der Waals surface area (Å²) >= 11 is 0. The topological polar surface area (TPSA) is 210 Å². The van der Waals surface area contributed by atoms with E-state index in [0.29, 0.717) is 0 Å². The van der Waals surface area contributed by atoms with Gasteiger partial charge in [0.25, 0.3) is 0 Å². The minimum absolute atomic E-state index is 0. The molecule has 0 fully saturated rings. The fraction of sp³-hybridized carbons (Fsp3) is 0.500. The predicted molar refractivity (Wildman–Crippen MR) is 49.4 cm³/mol. The average molecular weight is 458 g/mol. The zero-order chi connectivity index (χ0) is 10.7. The molecule has 0 amide bonds. The standard InChI is InChI=1S/3C2H4O2.2In.3H2O/c3*1-2(3)4;;;;;/h3*1H3,(H,3,4);;;3*1H2/q;;;2*+3;;;/p-6. The maximum atomic E-state index is 8.89. The maximum absolute atomic E-state index is 8.89. The van der Waals surface area contributed by atoms with Crippen molar-refractivity contribution in [2.75, 3.05) is 0 Å². The molecule has 9 nitrogen and oxygen atoms in total. The van der Waals surface area contributed by atoms with E-state index < -0.39 is 17.9 Å². The van der Waals surface area contributed by atoms with Crippen LogP contribution in [0.3, 0.4) is 0 Å². The van der Waals surface area contributed by atoms with Crippen LogP contribution >= 0.6 is 0 Å². The van der Waals surface area contributed by atoms with E-state index in [1.165, 1.54) is 0 Å². The first-order chi connectivity index (χ1) is 5.20. The second-order valence-corrected chi connectivity index (χ2v) is 1.47. The molecule has 96 valence electrons. The van der Waals surface area contributed by atoms with Crippen molar-refractivity contribution in [1.82, 2.24) is 0 Å². The third-order valence-corrected chi connectivity index (χ3v) is 0. The summed E-state index contributed by atoms with van der Waals surface area (Å²) < 4.78 is 0. The molecule has 0 aromatic carbocycles. The van der Waals surface area contributed by atoms with Crippen LogP contribution in [0.5, 0.6) is 0 Å². The molecule has 17 heavy (non-hydrogen) atoms. The molecule has 0 aromatic rings. The first kappa shape index (κ1) is 53.7. The summed E-state index contributed by atoms with van der Waals surface area (Å²) in [6.45, 7) is 2.92. The van der Waals surface area contributed by atoms with Gasteiger partial charge in [-0.05, 0) is 20.8 Å². The SMILES string of the molecule is CC(=O)[O-].CC(=O)[O-].CC(=O)[O-].[In+3].[In+3].[OH-].[OH-].[OH-]. The second-order valence-electron chi connectivity index (χ2n) is 1.47. The Balaban J connectivity index is -0.0000000104. The first-order valence-corrected chi connectivity index (χ1v) is 2.72. The van der Waals surface area contributed by atoms with Crippen LogP contribution in [0.25, 0.3) is 0 Å². The van der Waals surface area contributed by atoms with Crippen molar-refractivity contribution in [3.63, 3.8) is 0 Å². The summed E-state index contributed by atoms with van der Waals surface area (Å²) in [4.78, 5) is 26.7. The molecule has 0 atom stereocenters. The number of carboxylic acid groups (broad SMARTS) is 3. The number of aliphatic carboxylic acids is 3. The average Bonchev–Trinajstić information content (AvgIpc) is 1.54. The fourth-order valence-electron chi connectivity index (χ4n) is 0. The fourth-order valence-corrected chi connectivity index (χ4v) is 0. The molecule has 0 aliphatic rings. The van der Waals surface area contributed by atoms with Crippen LogP contribution in [0.2, 0.25) is 0 Å². The van der Waals surface area contributed by atoms with Crippen LogP contribution in [-0.4, -0.2) is 86.0 Å². The van der Waals surface area contributed by atoms with E-state index in [2.05, 4.69) is 0 Å². The van der Waals surface area contributed by atoms with Gasteiger partial charge in [-0.3, -0.25) is 0 Å². The Labute approximate surface area is 136 Å². The van der Waals surface area contributed by atoms with E-state index in [1.54, 1.807) is 0 Å². The van der Waals surface area contributed by atoms with Crippen molar-refractivity contribution in [3.05, 3.63) is 0 Å². The van der Waals surface area contributed by atoms with Crippen LogP contribution in [0, 0.1) is 0 Å². The zero-order valence-corrected chi connectivity index (χ0v) is 16.0. The third kappa shape index (κ3) is 3450000. The van der Waals surface area contributed by atoms with E-state index in [0.717, 1.165) is 20.8 Å². The first-order valence-electron chi connectivity index (χ1n) is 2.72. The van der Waals surface area contributed by atoms with Gasteiger partial charge in [0.2, 0.25) is 0 Å². The molecule has 0 saturated heterocycles. The van der Waals surface area contributed by atoms with Crippen LogP contribution in [-0.2, 0) is 14.4 Å². The van der Waals surface area contributed by atoms with Gasteiger partial charge in [0.1, 0.15) is 0 Å². The second kappa shape index (κ2) is 44.4. The van der Waals surface area contributed by atoms with Crippen molar-refractivity contribution < 1.29 is 46.1 Å². The van der Waals surface area contributed by atoms with Crippen molar-refractivity contribution >= 4 is 69.6 Å². The molecular formula is C6H12In2O9. The van der Waals surface area contributed by atoms with Gasteiger partial charge in [-0.25, -0.2) is 0 Å². The van der Waals surface area contributed by atoms with Gasteiger partial charge in [-0.15, -0.1) is 0 Å². The van der Waals surface area contributed by atoms with E-state index in [1.807, 2.05) is 0 Å². The van der Waals surface area contributed by atoms with Crippen LogP contribution < -0.4 is 15.3 Å². The normalized spacial score (nSPS) is 4.41. The molecule has 0 bridgehead atoms. The van der Waals surface area contributed by atoms with Crippen LogP contribution in [0.4, 0.5) is 0 Å². The van der Waals surface area contributed by atoms with Gasteiger partial charge < -0.3 is 46.1 Å². The maximum Gasteiger partial charge on any atom is 3.00 e. The van der Waals surface area contributed by atoms with Gasteiger partial charge in [-0.1, -0.05) is 0 Å². The Hall–Kier alpha value is 0.0303. The Morgan fingerprint density at radius 1 is 0.588 bits per heavy atom. The summed E-state index contributed by atoms with van der Waals surface area (Å²) in [6, 6.07) is 0. The summed E-state index contributed by atoms with van der Waals surface area (Å²) in [6.07, 6.45) is 0. The van der Waals surface area contributed by atoms with Gasteiger partial charge >= 0.3 is 51.7 Å². The smallest absolute Gasteiger partial charge is 0.870 e. The van der Waals surface area contributed by atoms with Gasteiger partial charge in [0, 0.05) is 17.9 Å². The van der Waals surface area contributed by atoms with Crippen molar-refractivity contribution in [1.29, 1.82) is 0 Å². The molecule has 0 radical (unpaired) electrons. The monoisotopic (exact) mass is 458 g/mol. The zero-order valence-electron chi connectivity index (χ0n) is 9.45. The molecule has 3 N–H and O–H groups in total. The Morgan fingerprint density at radius 3 is 0.588 bits per heavy atom. The summed E-state index contributed by atoms with van der Waals surface area (Å²) in [5.74, 6) is -3.25. The molecule has 0 heterocycles. The minimum atomic E-state index is -1.08. The van der Waals surface area contributed by atoms with Crippen molar-refractivity contribution in [2.45, 2.75) is 20.8 Å². The van der Waals surface area contributed by atoms with Gasteiger partial charge in [0.15, 0.2) is 0 Å². The Kier molecular flexibility index (Phi) is 140. The number of rotatable bonds is 0. The van der Waals surface area contributed by atoms with E-state index in [4.69, 9.17) is 29.7 Å². The molecular weight excluding hydrogens is 446 g/mol. The molecule has 0 aromatic heterocycles. The summed E-state index contributed by atoms with van der Waals surface area (Å²) in [5, 5.41) is 26.7. The predicted octanol–water partition coefficient (Wildman–Crippen LogP) is -5.02. The van der Waals surface area contributed by atoms with Crippen LogP contribution in [0.1, 0.15) is 20.8 Å².